The number of rotatable bonds is 6. The minimum absolute atomic E-state index is 0.172. The molecule has 1 aliphatic carbocycles. The summed E-state index contributed by atoms with van der Waals surface area (Å²) in [5, 5.41) is 5.53. The molecule has 1 fully saturated rings. The maximum atomic E-state index is 11.9. The lowest BCUT2D eigenvalue weighted by Gasteiger charge is -2.29. The molecule has 0 bridgehead atoms. The lowest BCUT2D eigenvalue weighted by atomic mass is 9.85. The molecule has 0 aliphatic heterocycles. The van der Waals surface area contributed by atoms with Gasteiger partial charge in [-0.25, -0.2) is 14.5 Å². The van der Waals surface area contributed by atoms with Crippen LogP contribution in [-0.2, 0) is 19.6 Å². The second kappa shape index (κ2) is 9.18. The molecule has 144 valence electrons. The standard InChI is InChI=1S/C19H28O6Si/c1-5-14-8-6-7-9-17(14)22-19(21)24-25-23-18(20)15-10-12-16(13-11-15)26(2,3)4/h10-14,17H,5-9H2,1-4H3. The number of ether oxygens (including phenoxy) is 1. The first-order valence-electron chi connectivity index (χ1n) is 9.18. The Morgan fingerprint density at radius 3 is 2.31 bits per heavy atom. The fourth-order valence-electron chi connectivity index (χ4n) is 3.17. The summed E-state index contributed by atoms with van der Waals surface area (Å²) in [6, 6.07) is 7.16. The molecular formula is C19H28O6Si. The average molecular weight is 381 g/mol. The number of carbonyl (C=O) groups is 2. The summed E-state index contributed by atoms with van der Waals surface area (Å²) in [5.74, 6) is -0.396. The van der Waals surface area contributed by atoms with Gasteiger partial charge in [0.05, 0.1) is 18.7 Å². The van der Waals surface area contributed by atoms with Crippen molar-refractivity contribution in [3.8, 4) is 0 Å². The molecular weight excluding hydrogens is 352 g/mol. The molecule has 0 saturated heterocycles. The Balaban J connectivity index is 1.76. The van der Waals surface area contributed by atoms with Crippen LogP contribution in [0.2, 0.25) is 19.6 Å². The number of hydrogen-bond acceptors (Lipinski definition) is 6. The summed E-state index contributed by atoms with van der Waals surface area (Å²) in [6.45, 7) is 8.73. The van der Waals surface area contributed by atoms with Crippen LogP contribution in [0.5, 0.6) is 0 Å². The van der Waals surface area contributed by atoms with E-state index in [-0.39, 0.29) is 6.10 Å². The Bertz CT molecular complexity index is 607. The molecule has 7 heteroatoms. The zero-order valence-electron chi connectivity index (χ0n) is 15.9. The van der Waals surface area contributed by atoms with Gasteiger partial charge < -0.3 is 4.74 Å². The molecule has 1 aromatic carbocycles. The van der Waals surface area contributed by atoms with Gasteiger partial charge in [0.2, 0.25) is 0 Å². The van der Waals surface area contributed by atoms with E-state index in [1.165, 1.54) is 5.19 Å². The molecule has 1 aliphatic rings. The van der Waals surface area contributed by atoms with Crippen LogP contribution < -0.4 is 5.19 Å². The van der Waals surface area contributed by atoms with E-state index in [4.69, 9.17) is 4.74 Å². The van der Waals surface area contributed by atoms with Crippen LogP contribution in [-0.4, -0.2) is 26.3 Å². The van der Waals surface area contributed by atoms with Gasteiger partial charge in [0.1, 0.15) is 6.10 Å². The SMILES string of the molecule is CCC1CCCCC1OC(=O)OOOC(=O)c1ccc([Si](C)(C)C)cc1. The number of hydrogen-bond donors (Lipinski definition) is 0. The third-order valence-corrected chi connectivity index (χ3v) is 6.88. The van der Waals surface area contributed by atoms with E-state index >= 15 is 0 Å². The summed E-state index contributed by atoms with van der Waals surface area (Å²) in [7, 11) is -1.43. The highest BCUT2D eigenvalue weighted by Gasteiger charge is 2.28. The van der Waals surface area contributed by atoms with Gasteiger partial charge in [-0.3, -0.25) is 4.89 Å². The molecule has 0 spiro atoms. The molecule has 0 N–H and O–H groups in total. The van der Waals surface area contributed by atoms with E-state index in [1.54, 1.807) is 12.1 Å². The smallest absolute Gasteiger partial charge is 0.429 e. The molecule has 0 amide bonds. The van der Waals surface area contributed by atoms with E-state index in [9.17, 15) is 9.59 Å². The van der Waals surface area contributed by atoms with Crippen molar-refractivity contribution in [2.24, 2.45) is 5.92 Å². The number of carbonyl (C=O) groups excluding carboxylic acids is 2. The van der Waals surface area contributed by atoms with E-state index < -0.39 is 20.2 Å². The first-order chi connectivity index (χ1) is 12.3. The highest BCUT2D eigenvalue weighted by Crippen LogP contribution is 2.29. The maximum Gasteiger partial charge on any atom is 0.543 e. The van der Waals surface area contributed by atoms with Crippen molar-refractivity contribution in [1.29, 1.82) is 0 Å². The predicted molar refractivity (Wildman–Crippen MR) is 99.5 cm³/mol. The Hall–Kier alpha value is -1.86. The van der Waals surface area contributed by atoms with Crippen LogP contribution in [0.15, 0.2) is 24.3 Å². The summed E-state index contributed by atoms with van der Waals surface area (Å²) in [4.78, 5) is 32.5. The monoisotopic (exact) mass is 380 g/mol. The Morgan fingerprint density at radius 1 is 1.04 bits per heavy atom. The molecule has 0 heterocycles. The zero-order valence-corrected chi connectivity index (χ0v) is 16.9. The van der Waals surface area contributed by atoms with Gasteiger partial charge in [-0.2, -0.15) is 0 Å². The van der Waals surface area contributed by atoms with E-state index in [0.29, 0.717) is 11.5 Å². The summed E-state index contributed by atoms with van der Waals surface area (Å²) < 4.78 is 5.26. The summed E-state index contributed by atoms with van der Waals surface area (Å²) in [6.07, 6.45) is 3.82. The third-order valence-electron chi connectivity index (χ3n) is 4.81. The van der Waals surface area contributed by atoms with Crippen LogP contribution in [0.4, 0.5) is 4.79 Å². The van der Waals surface area contributed by atoms with Gasteiger partial charge in [0.25, 0.3) is 0 Å². The zero-order chi connectivity index (χ0) is 19.2. The van der Waals surface area contributed by atoms with Crippen LogP contribution in [0.25, 0.3) is 0 Å². The minimum atomic E-state index is -1.43. The van der Waals surface area contributed by atoms with Crippen molar-refractivity contribution in [3.63, 3.8) is 0 Å². The van der Waals surface area contributed by atoms with Crippen molar-refractivity contribution in [2.45, 2.75) is 64.8 Å². The predicted octanol–water partition coefficient (Wildman–Crippen LogP) is 4.36. The molecule has 2 rings (SSSR count). The van der Waals surface area contributed by atoms with Crippen LogP contribution in [0.3, 0.4) is 0 Å². The first-order valence-corrected chi connectivity index (χ1v) is 12.7. The van der Waals surface area contributed by atoms with Crippen molar-refractivity contribution in [1.82, 2.24) is 0 Å². The lowest BCUT2D eigenvalue weighted by Crippen LogP contribution is -2.37. The molecule has 1 aromatic rings. The van der Waals surface area contributed by atoms with Gasteiger partial charge in [0, 0.05) is 0 Å². The van der Waals surface area contributed by atoms with Gasteiger partial charge in [-0.05, 0) is 43.7 Å². The van der Waals surface area contributed by atoms with Gasteiger partial charge in [-0.1, -0.05) is 50.3 Å². The van der Waals surface area contributed by atoms with E-state index in [0.717, 1.165) is 32.1 Å². The van der Waals surface area contributed by atoms with Crippen molar-refractivity contribution < 1.29 is 29.1 Å². The van der Waals surface area contributed by atoms with Crippen LogP contribution in [0, 0.1) is 5.92 Å². The fourth-order valence-corrected chi connectivity index (χ4v) is 4.34. The first kappa shape index (κ1) is 20.4. The lowest BCUT2D eigenvalue weighted by molar-refractivity contribution is -0.453. The van der Waals surface area contributed by atoms with Gasteiger partial charge in [0.15, 0.2) is 0 Å². The van der Waals surface area contributed by atoms with E-state index in [2.05, 4.69) is 41.4 Å². The van der Waals surface area contributed by atoms with Crippen LogP contribution >= 0.6 is 0 Å². The molecule has 0 radical (unpaired) electrons. The van der Waals surface area contributed by atoms with Crippen LogP contribution in [0.1, 0.15) is 49.4 Å². The average Bonchev–Trinajstić information content (AvgIpc) is 2.61. The Labute approximate surface area is 155 Å². The third kappa shape index (κ3) is 5.84. The van der Waals surface area contributed by atoms with Crippen molar-refractivity contribution in [2.75, 3.05) is 0 Å². The van der Waals surface area contributed by atoms with Gasteiger partial charge >= 0.3 is 12.1 Å². The van der Waals surface area contributed by atoms with Crippen molar-refractivity contribution in [3.05, 3.63) is 29.8 Å². The molecule has 1 saturated carbocycles. The molecule has 26 heavy (non-hydrogen) atoms. The van der Waals surface area contributed by atoms with E-state index in [1.807, 2.05) is 12.1 Å². The second-order valence-electron chi connectivity index (χ2n) is 7.71. The Morgan fingerprint density at radius 2 is 1.69 bits per heavy atom. The highest BCUT2D eigenvalue weighted by molar-refractivity contribution is 6.88. The van der Waals surface area contributed by atoms with Crippen molar-refractivity contribution >= 4 is 25.4 Å². The second-order valence-corrected chi connectivity index (χ2v) is 12.8. The largest absolute Gasteiger partial charge is 0.543 e. The summed E-state index contributed by atoms with van der Waals surface area (Å²) >= 11 is 0. The Kier molecular flexibility index (Phi) is 7.22. The number of benzene rings is 1. The maximum absolute atomic E-state index is 11.9. The molecule has 6 nitrogen and oxygen atoms in total. The fraction of sp³-hybridized carbons (Fsp3) is 0.579. The highest BCUT2D eigenvalue weighted by atomic mass is 28.3. The molecule has 2 unspecified atom stereocenters. The molecule has 0 aromatic heterocycles. The summed E-state index contributed by atoms with van der Waals surface area (Å²) in [5.41, 5.74) is 0.322. The normalized spacial score (nSPS) is 20.3. The quantitative estimate of drug-likeness (QED) is 0.316. The molecule has 2 atom stereocenters. The van der Waals surface area contributed by atoms with Gasteiger partial charge in [-0.15, -0.1) is 0 Å². The minimum Gasteiger partial charge on any atom is -0.429 e. The topological polar surface area (TPSA) is 71.1 Å².